The number of H-pyrrole nitrogens is 1. The maximum absolute atomic E-state index is 13.2. The van der Waals surface area contributed by atoms with Gasteiger partial charge in [-0.25, -0.2) is 4.98 Å². The molecule has 0 saturated carbocycles. The standard InChI is InChI=1S/C22H25N7O3/c23-14-5-8-29(22(32)18-12-25-6-7-26-18)19(10-14)21(31)28-17(20(24)30)9-13-11-27-16-4-2-1-3-15(13)16/h1-4,6-7,11-12,14,17,19,27H,5,8-10,23H2,(H2,24,30)(H,28,31)/p+1/t14-,17-,19-/m0/s1. The number of aromatic amines is 1. The lowest BCUT2D eigenvalue weighted by Crippen LogP contribution is -2.69. The summed E-state index contributed by atoms with van der Waals surface area (Å²) < 4.78 is 0. The maximum Gasteiger partial charge on any atom is 0.274 e. The molecule has 32 heavy (non-hydrogen) atoms. The average Bonchev–Trinajstić information content (AvgIpc) is 3.21. The van der Waals surface area contributed by atoms with Crippen molar-refractivity contribution in [3.63, 3.8) is 0 Å². The van der Waals surface area contributed by atoms with Crippen LogP contribution in [0.1, 0.15) is 28.9 Å². The molecule has 0 bridgehead atoms. The number of fused-ring (bicyclic) bond motifs is 1. The van der Waals surface area contributed by atoms with Crippen molar-refractivity contribution in [2.75, 3.05) is 6.54 Å². The van der Waals surface area contributed by atoms with Crippen LogP contribution in [0.4, 0.5) is 0 Å². The fourth-order valence-corrected chi connectivity index (χ4v) is 4.10. The molecule has 4 rings (SSSR count). The number of carbonyl (C=O) groups excluding carboxylic acids is 3. The number of likely N-dealkylation sites (tertiary alicyclic amines) is 1. The minimum atomic E-state index is -0.916. The summed E-state index contributed by atoms with van der Waals surface area (Å²) in [6, 6.07) is 6.02. The number of nitrogens with zero attached hydrogens (tertiary/aromatic N) is 3. The van der Waals surface area contributed by atoms with Crippen LogP contribution in [0, 0.1) is 0 Å². The molecule has 1 aliphatic heterocycles. The van der Waals surface area contributed by atoms with Gasteiger partial charge in [0.05, 0.1) is 12.2 Å². The molecule has 166 valence electrons. The number of carbonyl (C=O) groups is 3. The highest BCUT2D eigenvalue weighted by Gasteiger charge is 2.38. The zero-order valence-electron chi connectivity index (χ0n) is 17.5. The smallest absolute Gasteiger partial charge is 0.274 e. The number of para-hydroxylation sites is 1. The molecule has 10 nitrogen and oxygen atoms in total. The van der Waals surface area contributed by atoms with Gasteiger partial charge in [0, 0.05) is 55.3 Å². The molecule has 0 radical (unpaired) electrons. The van der Waals surface area contributed by atoms with Crippen molar-refractivity contribution < 1.29 is 20.1 Å². The third-order valence-corrected chi connectivity index (χ3v) is 5.82. The summed E-state index contributed by atoms with van der Waals surface area (Å²) in [5.41, 5.74) is 11.6. The Balaban J connectivity index is 1.53. The maximum atomic E-state index is 13.2. The number of benzene rings is 1. The number of quaternary nitrogens is 1. The van der Waals surface area contributed by atoms with Crippen molar-refractivity contribution >= 4 is 28.6 Å². The van der Waals surface area contributed by atoms with E-state index < -0.39 is 23.9 Å². The van der Waals surface area contributed by atoms with Gasteiger partial charge in [-0.15, -0.1) is 0 Å². The summed E-state index contributed by atoms with van der Waals surface area (Å²) in [5.74, 6) is -1.45. The van der Waals surface area contributed by atoms with E-state index in [1.807, 2.05) is 30.5 Å². The molecule has 0 spiro atoms. The number of amides is 3. The summed E-state index contributed by atoms with van der Waals surface area (Å²) in [6.07, 6.45) is 7.39. The highest BCUT2D eigenvalue weighted by molar-refractivity contribution is 5.97. The quantitative estimate of drug-likeness (QED) is 0.404. The summed E-state index contributed by atoms with van der Waals surface area (Å²) in [5, 5.41) is 3.72. The zero-order valence-corrected chi connectivity index (χ0v) is 17.5. The monoisotopic (exact) mass is 436 g/mol. The molecule has 0 unspecified atom stereocenters. The average molecular weight is 436 g/mol. The third-order valence-electron chi connectivity index (χ3n) is 5.82. The second-order valence-electron chi connectivity index (χ2n) is 8.02. The molecular formula is C22H26N7O3+. The SMILES string of the molecule is NC(=O)[C@H](Cc1c[nH]c2ccccc12)NC(=O)[C@@H]1C[C@@H]([NH3+])CCN1C(=O)c1cnccn1. The van der Waals surface area contributed by atoms with Crippen molar-refractivity contribution in [1.29, 1.82) is 0 Å². The van der Waals surface area contributed by atoms with Crippen LogP contribution in [0.2, 0.25) is 0 Å². The predicted octanol–water partition coefficient (Wildman–Crippen LogP) is -0.614. The lowest BCUT2D eigenvalue weighted by Gasteiger charge is -2.36. The summed E-state index contributed by atoms with van der Waals surface area (Å²) in [7, 11) is 0. The molecule has 1 aliphatic rings. The van der Waals surface area contributed by atoms with E-state index in [0.717, 1.165) is 16.5 Å². The lowest BCUT2D eigenvalue weighted by molar-refractivity contribution is -0.427. The van der Waals surface area contributed by atoms with E-state index in [0.29, 0.717) is 19.4 Å². The highest BCUT2D eigenvalue weighted by atomic mass is 16.2. The number of piperidine rings is 1. The van der Waals surface area contributed by atoms with Gasteiger partial charge in [0.15, 0.2) is 0 Å². The molecule has 1 aromatic carbocycles. The van der Waals surface area contributed by atoms with Gasteiger partial charge in [-0.2, -0.15) is 0 Å². The largest absolute Gasteiger partial charge is 0.368 e. The second kappa shape index (κ2) is 9.15. The highest BCUT2D eigenvalue weighted by Crippen LogP contribution is 2.21. The van der Waals surface area contributed by atoms with Crippen molar-refractivity contribution in [1.82, 2.24) is 25.2 Å². The Labute approximate surface area is 184 Å². The first-order valence-electron chi connectivity index (χ1n) is 10.5. The molecular weight excluding hydrogens is 410 g/mol. The minimum Gasteiger partial charge on any atom is -0.368 e. The molecule has 0 aliphatic carbocycles. The van der Waals surface area contributed by atoms with E-state index in [2.05, 4.69) is 26.0 Å². The Morgan fingerprint density at radius 2 is 2.09 bits per heavy atom. The fourth-order valence-electron chi connectivity index (χ4n) is 4.10. The van der Waals surface area contributed by atoms with Crippen LogP contribution >= 0.6 is 0 Å². The molecule has 2 aromatic heterocycles. The minimum absolute atomic E-state index is 0.0114. The molecule has 7 N–H and O–H groups in total. The van der Waals surface area contributed by atoms with E-state index >= 15 is 0 Å². The molecule has 10 heteroatoms. The number of aromatic nitrogens is 3. The van der Waals surface area contributed by atoms with Crippen molar-refractivity contribution in [2.45, 2.75) is 37.4 Å². The van der Waals surface area contributed by atoms with E-state index in [-0.39, 0.29) is 24.1 Å². The van der Waals surface area contributed by atoms with Crippen molar-refractivity contribution in [3.05, 3.63) is 60.3 Å². The number of hydrogen-bond donors (Lipinski definition) is 4. The Bertz CT molecular complexity index is 1130. The molecule has 3 amide bonds. The fraction of sp³-hybridized carbons (Fsp3) is 0.318. The Morgan fingerprint density at radius 3 is 2.84 bits per heavy atom. The van der Waals surface area contributed by atoms with Gasteiger partial charge < -0.3 is 26.7 Å². The van der Waals surface area contributed by atoms with E-state index in [1.165, 1.54) is 23.5 Å². The van der Waals surface area contributed by atoms with E-state index in [9.17, 15) is 14.4 Å². The van der Waals surface area contributed by atoms with Gasteiger partial charge in [0.25, 0.3) is 5.91 Å². The molecule has 3 atom stereocenters. The first-order chi connectivity index (χ1) is 15.4. The van der Waals surface area contributed by atoms with Gasteiger partial charge in [0.1, 0.15) is 17.8 Å². The number of rotatable bonds is 6. The van der Waals surface area contributed by atoms with Crippen LogP contribution < -0.4 is 16.8 Å². The van der Waals surface area contributed by atoms with Crippen LogP contribution in [-0.4, -0.2) is 62.2 Å². The van der Waals surface area contributed by atoms with Gasteiger partial charge in [0.2, 0.25) is 11.8 Å². The predicted molar refractivity (Wildman–Crippen MR) is 116 cm³/mol. The third kappa shape index (κ3) is 4.45. The van der Waals surface area contributed by atoms with Crippen molar-refractivity contribution in [2.24, 2.45) is 5.73 Å². The summed E-state index contributed by atoms with van der Waals surface area (Å²) >= 11 is 0. The van der Waals surface area contributed by atoms with Crippen LogP contribution in [0.5, 0.6) is 0 Å². The van der Waals surface area contributed by atoms with Crippen LogP contribution in [0.25, 0.3) is 10.9 Å². The summed E-state index contributed by atoms with van der Waals surface area (Å²) in [6.45, 7) is 0.366. The Hall–Kier alpha value is -3.79. The van der Waals surface area contributed by atoms with Gasteiger partial charge in [-0.05, 0) is 11.6 Å². The molecule has 1 saturated heterocycles. The van der Waals surface area contributed by atoms with Gasteiger partial charge in [-0.1, -0.05) is 18.2 Å². The second-order valence-corrected chi connectivity index (χ2v) is 8.02. The zero-order chi connectivity index (χ0) is 22.7. The van der Waals surface area contributed by atoms with Crippen molar-refractivity contribution in [3.8, 4) is 0 Å². The normalized spacial score (nSPS) is 19.5. The first kappa shape index (κ1) is 21.4. The van der Waals surface area contributed by atoms with Crippen LogP contribution in [-0.2, 0) is 16.0 Å². The lowest BCUT2D eigenvalue weighted by atomic mass is 9.96. The van der Waals surface area contributed by atoms with Crippen LogP contribution in [0.3, 0.4) is 0 Å². The Morgan fingerprint density at radius 1 is 1.28 bits per heavy atom. The number of primary amides is 1. The number of nitrogens with two attached hydrogens (primary N) is 1. The molecule has 1 fully saturated rings. The topological polar surface area (TPSA) is 162 Å². The molecule has 3 aromatic rings. The first-order valence-corrected chi connectivity index (χ1v) is 10.5. The van der Waals surface area contributed by atoms with Gasteiger partial charge in [-0.3, -0.25) is 19.4 Å². The summed E-state index contributed by atoms with van der Waals surface area (Å²) in [4.78, 5) is 51.0. The van der Waals surface area contributed by atoms with E-state index in [4.69, 9.17) is 5.73 Å². The number of hydrogen-bond acceptors (Lipinski definition) is 5. The van der Waals surface area contributed by atoms with Crippen LogP contribution in [0.15, 0.2) is 49.1 Å². The Kier molecular flexibility index (Phi) is 6.13. The van der Waals surface area contributed by atoms with Gasteiger partial charge >= 0.3 is 0 Å². The number of nitrogens with one attached hydrogen (secondary N) is 2. The molecule has 3 heterocycles. The van der Waals surface area contributed by atoms with E-state index in [1.54, 1.807) is 0 Å².